The van der Waals surface area contributed by atoms with Crippen LogP contribution in [0.4, 0.5) is 0 Å². The maximum atomic E-state index is 11.8. The molecular formula is C11H15BrO2S2. The summed E-state index contributed by atoms with van der Waals surface area (Å²) in [4.78, 5) is 11.8. The van der Waals surface area contributed by atoms with Gasteiger partial charge in [0.15, 0.2) is 0 Å². The van der Waals surface area contributed by atoms with E-state index in [1.54, 1.807) is 23.5 Å². The van der Waals surface area contributed by atoms with Crippen LogP contribution < -0.4 is 0 Å². The number of carbonyl (C=O) groups excluding carboxylic acids is 1. The van der Waals surface area contributed by atoms with Crippen LogP contribution in [0, 0.1) is 0 Å². The van der Waals surface area contributed by atoms with Crippen LogP contribution in [0.25, 0.3) is 0 Å². The minimum atomic E-state index is -0.268. The van der Waals surface area contributed by atoms with Crippen molar-refractivity contribution in [3.8, 4) is 0 Å². The Morgan fingerprint density at radius 3 is 2.62 bits per heavy atom. The van der Waals surface area contributed by atoms with Crippen molar-refractivity contribution in [2.75, 3.05) is 12.5 Å². The van der Waals surface area contributed by atoms with Crippen molar-refractivity contribution in [3.05, 3.63) is 20.9 Å². The van der Waals surface area contributed by atoms with Crippen LogP contribution in [0.15, 0.2) is 20.9 Å². The van der Waals surface area contributed by atoms with E-state index in [0.717, 1.165) is 23.5 Å². The molecule has 0 amide bonds. The average Bonchev–Trinajstić information content (AvgIpc) is 2.31. The average molecular weight is 323 g/mol. The number of halogens is 1. The molecule has 0 aromatic carbocycles. The summed E-state index contributed by atoms with van der Waals surface area (Å²) in [5.41, 5.74) is 0. The molecule has 16 heavy (non-hydrogen) atoms. The first-order valence-electron chi connectivity index (χ1n) is 5.04. The number of ether oxygens (including phenoxy) is 1. The van der Waals surface area contributed by atoms with Gasteiger partial charge in [0.25, 0.3) is 0 Å². The Balaban J connectivity index is 2.60. The first kappa shape index (κ1) is 14.2. The minimum Gasteiger partial charge on any atom is -0.454 e. The molecule has 1 unspecified atom stereocenters. The summed E-state index contributed by atoms with van der Waals surface area (Å²) >= 11 is 6.39. The lowest BCUT2D eigenvalue weighted by atomic mass is 10.1. The highest BCUT2D eigenvalue weighted by Crippen LogP contribution is 2.31. The molecule has 0 saturated carbocycles. The molecule has 0 fully saturated rings. The van der Waals surface area contributed by atoms with Gasteiger partial charge in [-0.1, -0.05) is 6.08 Å². The summed E-state index contributed by atoms with van der Waals surface area (Å²) in [5.74, 6) is -0.268. The van der Waals surface area contributed by atoms with Crippen LogP contribution in [0.1, 0.15) is 19.3 Å². The van der Waals surface area contributed by atoms with Crippen molar-refractivity contribution < 1.29 is 9.53 Å². The third-order valence-corrected chi connectivity index (χ3v) is 5.59. The lowest BCUT2D eigenvalue weighted by Gasteiger charge is -2.17. The van der Waals surface area contributed by atoms with Crippen LogP contribution in [0.2, 0.25) is 0 Å². The summed E-state index contributed by atoms with van der Waals surface area (Å²) in [7, 11) is 0. The molecule has 0 radical (unpaired) electrons. The van der Waals surface area contributed by atoms with E-state index < -0.39 is 0 Å². The van der Waals surface area contributed by atoms with Gasteiger partial charge < -0.3 is 4.74 Å². The second-order valence-corrected chi connectivity index (χ2v) is 6.00. The smallest absolute Gasteiger partial charge is 0.347 e. The van der Waals surface area contributed by atoms with Crippen molar-refractivity contribution in [3.63, 3.8) is 0 Å². The van der Waals surface area contributed by atoms with Gasteiger partial charge in [0.1, 0.15) is 10.6 Å². The number of esters is 1. The molecule has 1 atom stereocenters. The quantitative estimate of drug-likeness (QED) is 0.445. The summed E-state index contributed by atoms with van der Waals surface area (Å²) < 4.78 is 6.86. The van der Waals surface area contributed by atoms with E-state index in [2.05, 4.69) is 22.0 Å². The zero-order valence-electron chi connectivity index (χ0n) is 9.36. The predicted octanol–water partition coefficient (Wildman–Crippen LogP) is 3.93. The monoisotopic (exact) mass is 322 g/mol. The van der Waals surface area contributed by atoms with Gasteiger partial charge in [0, 0.05) is 0 Å². The fourth-order valence-electron chi connectivity index (χ4n) is 1.41. The Kier molecular flexibility index (Phi) is 6.61. The first-order valence-corrected chi connectivity index (χ1v) is 8.28. The summed E-state index contributed by atoms with van der Waals surface area (Å²) in [6, 6.07) is 0. The minimum absolute atomic E-state index is 0.0567. The van der Waals surface area contributed by atoms with Crippen molar-refractivity contribution in [1.29, 1.82) is 0 Å². The molecule has 0 bridgehead atoms. The molecule has 0 heterocycles. The van der Waals surface area contributed by atoms with Crippen LogP contribution >= 0.6 is 39.5 Å². The van der Waals surface area contributed by atoms with Crippen LogP contribution in [-0.4, -0.2) is 24.6 Å². The SMILES string of the molecule is CSC(SC)=C(Br)C(=O)OC1C=CCCC1. The van der Waals surface area contributed by atoms with E-state index >= 15 is 0 Å². The number of hydrogen-bond acceptors (Lipinski definition) is 4. The number of rotatable bonds is 4. The van der Waals surface area contributed by atoms with Gasteiger partial charge in [0.05, 0.1) is 4.24 Å². The largest absolute Gasteiger partial charge is 0.454 e. The molecule has 1 aliphatic carbocycles. The lowest BCUT2D eigenvalue weighted by Crippen LogP contribution is -2.18. The second-order valence-electron chi connectivity index (χ2n) is 3.31. The Morgan fingerprint density at radius 2 is 2.12 bits per heavy atom. The molecule has 90 valence electrons. The van der Waals surface area contributed by atoms with Gasteiger partial charge in [-0.3, -0.25) is 0 Å². The normalized spacial score (nSPS) is 19.3. The number of allylic oxidation sites excluding steroid dienone is 1. The molecule has 5 heteroatoms. The molecule has 0 aliphatic heterocycles. The van der Waals surface area contributed by atoms with Crippen molar-refractivity contribution in [2.45, 2.75) is 25.4 Å². The van der Waals surface area contributed by atoms with Crippen molar-refractivity contribution in [2.24, 2.45) is 0 Å². The lowest BCUT2D eigenvalue weighted by molar-refractivity contribution is -0.141. The Labute approximate surface area is 113 Å². The fourth-order valence-corrected chi connectivity index (χ4v) is 3.67. The molecule has 2 nitrogen and oxygen atoms in total. The van der Waals surface area contributed by atoms with Crippen molar-refractivity contribution in [1.82, 2.24) is 0 Å². The van der Waals surface area contributed by atoms with Gasteiger partial charge in [-0.15, -0.1) is 23.5 Å². The van der Waals surface area contributed by atoms with Gasteiger partial charge in [0.2, 0.25) is 0 Å². The maximum absolute atomic E-state index is 11.8. The third kappa shape index (κ3) is 4.18. The second kappa shape index (κ2) is 7.45. The highest BCUT2D eigenvalue weighted by atomic mass is 79.9. The van der Waals surface area contributed by atoms with Crippen LogP contribution in [-0.2, 0) is 9.53 Å². The highest BCUT2D eigenvalue weighted by molar-refractivity contribution is 9.12. The molecule has 0 aromatic heterocycles. The zero-order valence-corrected chi connectivity index (χ0v) is 12.6. The van der Waals surface area contributed by atoms with Crippen LogP contribution in [0.3, 0.4) is 0 Å². The van der Waals surface area contributed by atoms with E-state index in [9.17, 15) is 4.79 Å². The number of hydrogen-bond donors (Lipinski definition) is 0. The molecule has 0 N–H and O–H groups in total. The van der Waals surface area contributed by atoms with Crippen LogP contribution in [0.5, 0.6) is 0 Å². The summed E-state index contributed by atoms with van der Waals surface area (Å²) in [6.07, 6.45) is 11.0. The fraction of sp³-hybridized carbons (Fsp3) is 0.545. The Hall–Kier alpha value is 0.130. The Morgan fingerprint density at radius 1 is 1.44 bits per heavy atom. The van der Waals surface area contributed by atoms with E-state index in [0.29, 0.717) is 4.48 Å². The molecule has 0 spiro atoms. The van der Waals surface area contributed by atoms with Gasteiger partial charge in [-0.2, -0.15) is 0 Å². The molecule has 0 aromatic rings. The van der Waals surface area contributed by atoms with Gasteiger partial charge in [-0.05, 0) is 53.8 Å². The number of carbonyl (C=O) groups is 1. The summed E-state index contributed by atoms with van der Waals surface area (Å²) in [5, 5.41) is 0. The zero-order chi connectivity index (χ0) is 12.0. The van der Waals surface area contributed by atoms with Gasteiger partial charge in [-0.25, -0.2) is 4.79 Å². The molecular weight excluding hydrogens is 308 g/mol. The third-order valence-electron chi connectivity index (χ3n) is 2.20. The predicted molar refractivity (Wildman–Crippen MR) is 75.9 cm³/mol. The van der Waals surface area contributed by atoms with E-state index in [-0.39, 0.29) is 12.1 Å². The topological polar surface area (TPSA) is 26.3 Å². The molecule has 1 rings (SSSR count). The number of thioether (sulfide) groups is 2. The van der Waals surface area contributed by atoms with Gasteiger partial charge >= 0.3 is 5.97 Å². The van der Waals surface area contributed by atoms with E-state index in [1.807, 2.05) is 18.6 Å². The molecule has 1 aliphatic rings. The van der Waals surface area contributed by atoms with Crippen molar-refractivity contribution >= 4 is 45.4 Å². The van der Waals surface area contributed by atoms with E-state index in [1.165, 1.54) is 0 Å². The maximum Gasteiger partial charge on any atom is 0.347 e. The standard InChI is InChI=1S/C11H15BrO2S2/c1-15-11(16-2)9(12)10(13)14-8-6-4-3-5-7-8/h4,6,8H,3,5,7H2,1-2H3. The highest BCUT2D eigenvalue weighted by Gasteiger charge is 2.18. The Bertz CT molecular complexity index is 307. The molecule has 0 saturated heterocycles. The summed E-state index contributed by atoms with van der Waals surface area (Å²) in [6.45, 7) is 0. The first-order chi connectivity index (χ1) is 7.69. The van der Waals surface area contributed by atoms with E-state index in [4.69, 9.17) is 4.74 Å².